The average Bonchev–Trinajstić information content (AvgIpc) is 3.39. The number of fused-ring (bicyclic) bond motifs is 5. The molecule has 10 heteroatoms. The Bertz CT molecular complexity index is 1360. The lowest BCUT2D eigenvalue weighted by molar-refractivity contribution is -0.223. The molecule has 1 aromatic rings. The molecule has 1 spiro atoms. The van der Waals surface area contributed by atoms with Crippen LogP contribution in [-0.2, 0) is 38.1 Å². The maximum Gasteiger partial charge on any atom is 0.335 e. The van der Waals surface area contributed by atoms with Gasteiger partial charge in [0, 0.05) is 34.1 Å². The van der Waals surface area contributed by atoms with Gasteiger partial charge >= 0.3 is 17.9 Å². The van der Waals surface area contributed by atoms with E-state index < -0.39 is 75.8 Å². The maximum absolute atomic E-state index is 14.7. The Balaban J connectivity index is 1.53. The van der Waals surface area contributed by atoms with Crippen molar-refractivity contribution in [1.82, 2.24) is 0 Å². The summed E-state index contributed by atoms with van der Waals surface area (Å²) in [6, 6.07) is 1.79. The molecule has 1 N–H and O–H groups in total. The number of esters is 3. The van der Waals surface area contributed by atoms with Crippen LogP contribution in [0.4, 0.5) is 0 Å². The van der Waals surface area contributed by atoms with E-state index in [2.05, 4.69) is 6.92 Å². The molecule has 3 heterocycles. The van der Waals surface area contributed by atoms with Gasteiger partial charge in [0.05, 0.1) is 44.0 Å². The van der Waals surface area contributed by atoms with Crippen LogP contribution in [0.15, 0.2) is 34.8 Å². The Hall–Kier alpha value is -2.98. The van der Waals surface area contributed by atoms with Gasteiger partial charge in [-0.15, -0.1) is 0 Å². The van der Waals surface area contributed by atoms with Crippen molar-refractivity contribution in [2.24, 2.45) is 45.8 Å². The van der Waals surface area contributed by atoms with Crippen LogP contribution in [0.3, 0.4) is 0 Å². The first-order valence-corrected chi connectivity index (χ1v) is 14.7. The van der Waals surface area contributed by atoms with Gasteiger partial charge in [-0.3, -0.25) is 14.4 Å². The molecule has 1 aromatic heterocycles. The van der Waals surface area contributed by atoms with E-state index in [4.69, 9.17) is 23.4 Å². The fourth-order valence-electron chi connectivity index (χ4n) is 10.1. The number of Topliss-reactive ketones (excluding diaryl/α,β-unsaturated/α-hetero) is 1. The molecule has 10 nitrogen and oxygen atoms in total. The Morgan fingerprint density at radius 3 is 2.50 bits per heavy atom. The molecule has 5 fully saturated rings. The third-order valence-corrected chi connectivity index (χ3v) is 11.8. The number of allylic oxidation sites excluding steroid dienone is 2. The largest absolute Gasteiger partial charge is 0.472 e. The number of hydrogen-bond acceptors (Lipinski definition) is 10. The van der Waals surface area contributed by atoms with Crippen molar-refractivity contribution in [1.29, 1.82) is 0 Å². The summed E-state index contributed by atoms with van der Waals surface area (Å²) in [4.78, 5) is 54.7. The minimum atomic E-state index is -1.67. The highest BCUT2D eigenvalue weighted by atomic mass is 16.6. The fourth-order valence-corrected chi connectivity index (χ4v) is 10.1. The normalized spacial score (nSPS) is 44.1. The number of carbonyl (C=O) groups is 4. The second-order valence-corrected chi connectivity index (χ2v) is 13.9. The SMILES string of the molecule is C/C=C(\C)OC(=O)[C@H]1[C@@H]2C(=O)[C@](C)([C@H]3CC[C@]4(C)[C@@H](CC(=O)O[C@H]4c4ccoc4)[C@]34O[C@@H]24)[C@@H](C(O)C(=O)OC)C1(C)C. The number of ketones is 1. The predicted octanol–water partition coefficient (Wildman–Crippen LogP) is 3.92. The van der Waals surface area contributed by atoms with Gasteiger partial charge in [0.2, 0.25) is 0 Å². The van der Waals surface area contributed by atoms with Crippen LogP contribution in [0.1, 0.15) is 72.5 Å². The molecule has 1 unspecified atom stereocenters. The van der Waals surface area contributed by atoms with Gasteiger partial charge in [0.25, 0.3) is 0 Å². The Morgan fingerprint density at radius 1 is 1.17 bits per heavy atom. The summed E-state index contributed by atoms with van der Waals surface area (Å²) in [5, 5.41) is 11.6. The molecule has 3 aliphatic carbocycles. The standard InChI is InChI=1S/C32H40O10/c1-8-15(2)40-27(36)21-20-24(35)31(6,23(29(21,3)4)22(34)28(37)38-7)17-9-11-30(5)18(32(17)26(20)42-32)13-19(33)41-25(30)16-10-12-39-14-16/h8,10,12,14,17-18,20-23,25-26,34H,9,11,13H2,1-7H3/b15-8+/t17-,18-,20-,21-,22?,23+,25+,26+,30-,31-,32-/m1/s1. The number of methoxy groups -OCH3 is 1. The van der Waals surface area contributed by atoms with Gasteiger partial charge in [-0.25, -0.2) is 4.79 Å². The number of cyclic esters (lactones) is 1. The molecular weight excluding hydrogens is 544 g/mol. The lowest BCUT2D eigenvalue weighted by atomic mass is 9.36. The first-order valence-electron chi connectivity index (χ1n) is 14.7. The zero-order chi connectivity index (χ0) is 30.6. The maximum atomic E-state index is 14.7. The number of ether oxygens (including phenoxy) is 4. The quantitative estimate of drug-likeness (QED) is 0.234. The smallest absolute Gasteiger partial charge is 0.335 e. The van der Waals surface area contributed by atoms with E-state index in [0.717, 1.165) is 5.56 Å². The van der Waals surface area contributed by atoms with Crippen LogP contribution >= 0.6 is 0 Å². The summed E-state index contributed by atoms with van der Waals surface area (Å²) < 4.78 is 28.7. The lowest BCUT2D eigenvalue weighted by Crippen LogP contribution is -2.73. The van der Waals surface area contributed by atoms with Crippen molar-refractivity contribution in [2.75, 3.05) is 7.11 Å². The minimum absolute atomic E-state index is 0.0925. The number of rotatable bonds is 5. The van der Waals surface area contributed by atoms with Gasteiger partial charge in [-0.2, -0.15) is 0 Å². The first-order chi connectivity index (χ1) is 19.7. The lowest BCUT2D eigenvalue weighted by Gasteiger charge is -2.65. The van der Waals surface area contributed by atoms with Crippen LogP contribution in [-0.4, -0.2) is 53.7 Å². The van der Waals surface area contributed by atoms with Crippen molar-refractivity contribution >= 4 is 23.7 Å². The van der Waals surface area contributed by atoms with Gasteiger partial charge in [0.1, 0.15) is 23.2 Å². The van der Waals surface area contributed by atoms with E-state index in [1.165, 1.54) is 7.11 Å². The third-order valence-electron chi connectivity index (χ3n) is 11.8. The van der Waals surface area contributed by atoms with Crippen molar-refractivity contribution in [3.63, 3.8) is 0 Å². The molecule has 2 bridgehead atoms. The van der Waals surface area contributed by atoms with Crippen LogP contribution in [0.2, 0.25) is 0 Å². The molecule has 11 atom stereocenters. The molecule has 5 aliphatic rings. The zero-order valence-electron chi connectivity index (χ0n) is 25.2. The second kappa shape index (κ2) is 9.26. The number of aliphatic hydroxyl groups is 1. The zero-order valence-corrected chi connectivity index (χ0v) is 25.2. The molecule has 0 amide bonds. The second-order valence-electron chi connectivity index (χ2n) is 13.9. The summed E-state index contributed by atoms with van der Waals surface area (Å²) in [6.45, 7) is 10.9. The van der Waals surface area contributed by atoms with Crippen molar-refractivity contribution in [3.8, 4) is 0 Å². The average molecular weight is 585 g/mol. The number of epoxide rings is 1. The molecule has 3 saturated carbocycles. The Labute approximate surface area is 245 Å². The van der Waals surface area contributed by atoms with Gasteiger partial charge in [0.15, 0.2) is 6.10 Å². The Morgan fingerprint density at radius 2 is 1.88 bits per heavy atom. The van der Waals surface area contributed by atoms with Crippen molar-refractivity contribution in [2.45, 2.75) is 84.7 Å². The summed E-state index contributed by atoms with van der Waals surface area (Å²) in [5.41, 5.74) is -3.03. The number of carbonyl (C=O) groups excluding carboxylic acids is 4. The van der Waals surface area contributed by atoms with Crippen LogP contribution in [0.5, 0.6) is 0 Å². The van der Waals surface area contributed by atoms with Crippen LogP contribution in [0, 0.1) is 45.8 Å². The third kappa shape index (κ3) is 3.51. The van der Waals surface area contributed by atoms with E-state index in [1.54, 1.807) is 45.4 Å². The molecule has 0 aromatic carbocycles. The summed E-state index contributed by atoms with van der Waals surface area (Å²) in [6.07, 6.45) is 3.17. The summed E-state index contributed by atoms with van der Waals surface area (Å²) in [5.74, 6) is -5.32. The monoisotopic (exact) mass is 584 g/mol. The predicted molar refractivity (Wildman–Crippen MR) is 145 cm³/mol. The minimum Gasteiger partial charge on any atom is -0.472 e. The highest BCUT2D eigenvalue weighted by molar-refractivity contribution is 5.97. The topological polar surface area (TPSA) is 142 Å². The molecule has 2 saturated heterocycles. The highest BCUT2D eigenvalue weighted by Crippen LogP contribution is 2.78. The highest BCUT2D eigenvalue weighted by Gasteiger charge is 2.86. The van der Waals surface area contributed by atoms with Crippen LogP contribution in [0.25, 0.3) is 0 Å². The number of aliphatic hydroxyl groups excluding tert-OH is 1. The number of furan rings is 1. The fraction of sp³-hybridized carbons (Fsp3) is 0.688. The van der Waals surface area contributed by atoms with E-state index in [-0.39, 0.29) is 24.1 Å². The molecule has 228 valence electrons. The van der Waals surface area contributed by atoms with E-state index in [1.807, 2.05) is 13.8 Å². The van der Waals surface area contributed by atoms with Crippen LogP contribution < -0.4 is 0 Å². The molecule has 2 aliphatic heterocycles. The first kappa shape index (κ1) is 29.1. The molecule has 42 heavy (non-hydrogen) atoms. The van der Waals surface area contributed by atoms with Crippen molar-refractivity contribution < 1.29 is 47.6 Å². The molecule has 0 radical (unpaired) electrons. The van der Waals surface area contributed by atoms with Gasteiger partial charge in [-0.05, 0) is 44.2 Å². The van der Waals surface area contributed by atoms with Gasteiger partial charge < -0.3 is 28.5 Å². The number of hydrogen-bond donors (Lipinski definition) is 1. The van der Waals surface area contributed by atoms with E-state index in [0.29, 0.717) is 18.6 Å². The van der Waals surface area contributed by atoms with E-state index in [9.17, 15) is 24.3 Å². The van der Waals surface area contributed by atoms with E-state index >= 15 is 0 Å². The molecular formula is C32H40O10. The Kier molecular flexibility index (Phi) is 6.42. The molecule has 6 rings (SSSR count). The summed E-state index contributed by atoms with van der Waals surface area (Å²) >= 11 is 0. The summed E-state index contributed by atoms with van der Waals surface area (Å²) in [7, 11) is 1.19. The van der Waals surface area contributed by atoms with Crippen molar-refractivity contribution in [3.05, 3.63) is 36.0 Å². The van der Waals surface area contributed by atoms with Gasteiger partial charge in [-0.1, -0.05) is 27.7 Å².